The molecule has 0 aliphatic carbocycles. The minimum Gasteiger partial charge on any atom is -0.493 e. The summed E-state index contributed by atoms with van der Waals surface area (Å²) >= 11 is 0. The maximum absolute atomic E-state index is 9.80. The number of aliphatic hydroxyl groups excluding tert-OH is 1. The third kappa shape index (κ3) is 3.56. The quantitative estimate of drug-likeness (QED) is 0.805. The van der Waals surface area contributed by atoms with Crippen molar-refractivity contribution in [1.82, 2.24) is 0 Å². The van der Waals surface area contributed by atoms with Gasteiger partial charge in [-0.3, -0.25) is 0 Å². The summed E-state index contributed by atoms with van der Waals surface area (Å²) < 4.78 is 5.66. The molecule has 1 aromatic rings. The minimum absolute atomic E-state index is 0.423. The van der Waals surface area contributed by atoms with Crippen LogP contribution in [0.3, 0.4) is 0 Å². The van der Waals surface area contributed by atoms with E-state index in [2.05, 4.69) is 13.8 Å². The number of benzene rings is 1. The van der Waals surface area contributed by atoms with Crippen molar-refractivity contribution in [2.24, 2.45) is 5.92 Å². The first-order chi connectivity index (χ1) is 7.15. The van der Waals surface area contributed by atoms with E-state index in [-0.39, 0.29) is 0 Å². The lowest BCUT2D eigenvalue weighted by Gasteiger charge is -2.15. The van der Waals surface area contributed by atoms with Crippen LogP contribution in [-0.2, 0) is 0 Å². The van der Waals surface area contributed by atoms with Crippen LogP contribution < -0.4 is 4.74 Å². The van der Waals surface area contributed by atoms with Crippen molar-refractivity contribution in [1.29, 1.82) is 0 Å². The molecule has 0 aliphatic heterocycles. The molecule has 2 heteroatoms. The molecular weight excluding hydrogens is 188 g/mol. The van der Waals surface area contributed by atoms with Gasteiger partial charge in [0, 0.05) is 5.56 Å². The molecule has 0 spiro atoms. The van der Waals surface area contributed by atoms with Crippen molar-refractivity contribution < 1.29 is 9.84 Å². The standard InChI is InChI=1S/C13H20O2/c1-4-12(14)11-7-5-6-8-13(11)15-9-10(2)3/h5-8,10,12,14H,4,9H2,1-3H3. The molecule has 84 valence electrons. The largest absolute Gasteiger partial charge is 0.493 e. The van der Waals surface area contributed by atoms with E-state index in [1.165, 1.54) is 0 Å². The van der Waals surface area contributed by atoms with Gasteiger partial charge in [-0.15, -0.1) is 0 Å². The summed E-state index contributed by atoms with van der Waals surface area (Å²) in [5.74, 6) is 1.30. The average molecular weight is 208 g/mol. The molecule has 0 heterocycles. The summed E-state index contributed by atoms with van der Waals surface area (Å²) in [6.45, 7) is 6.87. The van der Waals surface area contributed by atoms with Crippen LogP contribution in [0.5, 0.6) is 5.75 Å². The summed E-state index contributed by atoms with van der Waals surface area (Å²) in [5.41, 5.74) is 0.889. The van der Waals surface area contributed by atoms with Crippen molar-refractivity contribution in [2.75, 3.05) is 6.61 Å². The Balaban J connectivity index is 2.77. The van der Waals surface area contributed by atoms with Gasteiger partial charge in [-0.2, -0.15) is 0 Å². The first-order valence-electron chi connectivity index (χ1n) is 5.55. The van der Waals surface area contributed by atoms with Crippen molar-refractivity contribution in [3.8, 4) is 5.75 Å². The van der Waals surface area contributed by atoms with Crippen molar-refractivity contribution in [3.05, 3.63) is 29.8 Å². The fourth-order valence-corrected chi connectivity index (χ4v) is 1.36. The molecular formula is C13H20O2. The molecule has 1 rings (SSSR count). The van der Waals surface area contributed by atoms with Gasteiger partial charge < -0.3 is 9.84 Å². The van der Waals surface area contributed by atoms with Gasteiger partial charge in [0.15, 0.2) is 0 Å². The predicted octanol–water partition coefficient (Wildman–Crippen LogP) is 3.16. The van der Waals surface area contributed by atoms with E-state index in [9.17, 15) is 5.11 Å². The van der Waals surface area contributed by atoms with E-state index in [4.69, 9.17) is 4.74 Å². The van der Waals surface area contributed by atoms with Crippen molar-refractivity contribution in [2.45, 2.75) is 33.3 Å². The van der Waals surface area contributed by atoms with E-state index >= 15 is 0 Å². The molecule has 1 N–H and O–H groups in total. The molecule has 0 bridgehead atoms. The van der Waals surface area contributed by atoms with Crippen LogP contribution in [-0.4, -0.2) is 11.7 Å². The average Bonchev–Trinajstić information content (AvgIpc) is 2.25. The van der Waals surface area contributed by atoms with Crippen LogP contribution in [0.1, 0.15) is 38.9 Å². The number of rotatable bonds is 5. The molecule has 1 unspecified atom stereocenters. The number of aliphatic hydroxyl groups is 1. The zero-order valence-corrected chi connectivity index (χ0v) is 9.73. The second kappa shape index (κ2) is 5.76. The van der Waals surface area contributed by atoms with Gasteiger partial charge in [0.1, 0.15) is 5.75 Å². The van der Waals surface area contributed by atoms with Crippen molar-refractivity contribution in [3.63, 3.8) is 0 Å². The normalized spacial score (nSPS) is 12.9. The maximum Gasteiger partial charge on any atom is 0.125 e. The van der Waals surface area contributed by atoms with Crippen LogP contribution in [0.4, 0.5) is 0 Å². The lowest BCUT2D eigenvalue weighted by molar-refractivity contribution is 0.165. The summed E-state index contributed by atoms with van der Waals surface area (Å²) in [4.78, 5) is 0. The van der Waals surface area contributed by atoms with E-state index < -0.39 is 6.10 Å². The Morgan fingerprint density at radius 1 is 1.27 bits per heavy atom. The Labute approximate surface area is 91.9 Å². The van der Waals surface area contributed by atoms with Crippen LogP contribution in [0.2, 0.25) is 0 Å². The van der Waals surface area contributed by atoms with E-state index in [0.29, 0.717) is 18.9 Å². The molecule has 1 atom stereocenters. The number of hydrogen-bond donors (Lipinski definition) is 1. The van der Waals surface area contributed by atoms with Crippen molar-refractivity contribution >= 4 is 0 Å². The Morgan fingerprint density at radius 2 is 1.93 bits per heavy atom. The molecule has 0 aliphatic rings. The summed E-state index contributed by atoms with van der Waals surface area (Å²) in [5, 5.41) is 9.80. The van der Waals surface area contributed by atoms with Gasteiger partial charge >= 0.3 is 0 Å². The van der Waals surface area contributed by atoms with Crippen LogP contribution in [0.15, 0.2) is 24.3 Å². The van der Waals surface area contributed by atoms with Gasteiger partial charge in [-0.05, 0) is 18.4 Å². The minimum atomic E-state index is -0.423. The third-order valence-electron chi connectivity index (χ3n) is 2.24. The lowest BCUT2D eigenvalue weighted by atomic mass is 10.1. The lowest BCUT2D eigenvalue weighted by Crippen LogP contribution is -2.07. The third-order valence-corrected chi connectivity index (χ3v) is 2.24. The van der Waals surface area contributed by atoms with E-state index in [1.807, 2.05) is 31.2 Å². The molecule has 2 nitrogen and oxygen atoms in total. The topological polar surface area (TPSA) is 29.5 Å². The number of hydrogen-bond acceptors (Lipinski definition) is 2. The molecule has 0 aromatic heterocycles. The Bertz CT molecular complexity index is 294. The fraction of sp³-hybridized carbons (Fsp3) is 0.538. The molecule has 1 aromatic carbocycles. The Hall–Kier alpha value is -1.02. The second-order valence-electron chi connectivity index (χ2n) is 4.17. The zero-order valence-electron chi connectivity index (χ0n) is 9.73. The Kier molecular flexibility index (Phi) is 4.63. The summed E-state index contributed by atoms with van der Waals surface area (Å²) in [6.07, 6.45) is 0.288. The van der Waals surface area contributed by atoms with Gasteiger partial charge in [-0.1, -0.05) is 39.0 Å². The van der Waals surface area contributed by atoms with Gasteiger partial charge in [0.25, 0.3) is 0 Å². The molecule has 0 fully saturated rings. The molecule has 0 saturated heterocycles. The molecule has 0 radical (unpaired) electrons. The second-order valence-corrected chi connectivity index (χ2v) is 4.17. The smallest absolute Gasteiger partial charge is 0.125 e. The number of ether oxygens (including phenoxy) is 1. The van der Waals surface area contributed by atoms with Crippen LogP contribution >= 0.6 is 0 Å². The highest BCUT2D eigenvalue weighted by atomic mass is 16.5. The highest BCUT2D eigenvalue weighted by molar-refractivity contribution is 5.34. The first kappa shape index (κ1) is 12.1. The van der Waals surface area contributed by atoms with Gasteiger partial charge in [0.05, 0.1) is 12.7 Å². The number of para-hydroxylation sites is 1. The molecule has 0 saturated carbocycles. The van der Waals surface area contributed by atoms with E-state index in [1.54, 1.807) is 0 Å². The summed E-state index contributed by atoms with van der Waals surface area (Å²) in [6, 6.07) is 7.69. The fourth-order valence-electron chi connectivity index (χ4n) is 1.36. The highest BCUT2D eigenvalue weighted by Gasteiger charge is 2.10. The molecule has 15 heavy (non-hydrogen) atoms. The van der Waals surface area contributed by atoms with Crippen LogP contribution in [0, 0.1) is 5.92 Å². The molecule has 0 amide bonds. The first-order valence-corrected chi connectivity index (χ1v) is 5.55. The summed E-state index contributed by atoms with van der Waals surface area (Å²) in [7, 11) is 0. The van der Waals surface area contributed by atoms with Gasteiger partial charge in [-0.25, -0.2) is 0 Å². The zero-order chi connectivity index (χ0) is 11.3. The van der Waals surface area contributed by atoms with Gasteiger partial charge in [0.2, 0.25) is 0 Å². The van der Waals surface area contributed by atoms with Crippen LogP contribution in [0.25, 0.3) is 0 Å². The Morgan fingerprint density at radius 3 is 2.53 bits per heavy atom. The predicted molar refractivity (Wildman–Crippen MR) is 62.0 cm³/mol. The monoisotopic (exact) mass is 208 g/mol. The maximum atomic E-state index is 9.80. The SMILES string of the molecule is CCC(O)c1ccccc1OCC(C)C. The van der Waals surface area contributed by atoms with E-state index in [0.717, 1.165) is 11.3 Å². The highest BCUT2D eigenvalue weighted by Crippen LogP contribution is 2.27.